The van der Waals surface area contributed by atoms with Crippen LogP contribution in [0.3, 0.4) is 0 Å². The Morgan fingerprint density at radius 3 is 2.08 bits per heavy atom. The zero-order chi connectivity index (χ0) is 25.7. The summed E-state index contributed by atoms with van der Waals surface area (Å²) in [6, 6.07) is 21.7. The molecule has 3 aliphatic carbocycles. The molecule has 1 aliphatic heterocycles. The van der Waals surface area contributed by atoms with E-state index < -0.39 is 29.1 Å². The molecule has 3 aromatic rings. The maximum Gasteiger partial charge on any atom is 0.319 e. The molecule has 0 spiro atoms. The number of carboxylic acids is 1. The molecule has 0 unspecified atom stereocenters. The second kappa shape index (κ2) is 8.87. The number of carbonyl (C=O) groups excluding carboxylic acids is 2. The molecule has 2 bridgehead atoms. The van der Waals surface area contributed by atoms with E-state index in [1.807, 2.05) is 36.4 Å². The quantitative estimate of drug-likeness (QED) is 0.340. The summed E-state index contributed by atoms with van der Waals surface area (Å²) < 4.78 is 5.83. The van der Waals surface area contributed by atoms with Gasteiger partial charge in [-0.05, 0) is 52.9 Å². The summed E-state index contributed by atoms with van der Waals surface area (Å²) in [7, 11) is 0. The first-order valence-electron chi connectivity index (χ1n) is 13.0. The highest BCUT2D eigenvalue weighted by Gasteiger charge is 2.71. The predicted octanol–water partition coefficient (Wildman–Crippen LogP) is 5.28. The second-order valence-electron chi connectivity index (χ2n) is 10.2. The molecule has 188 valence electrons. The minimum atomic E-state index is -1.62. The summed E-state index contributed by atoms with van der Waals surface area (Å²) in [5.41, 5.74) is 1.69. The fourth-order valence-electron chi connectivity index (χ4n) is 6.80. The summed E-state index contributed by atoms with van der Waals surface area (Å²) in [5.74, 6) is -3.38. The number of carboxylic acid groups (broad SMARTS) is 1. The number of benzene rings is 3. The Hall–Kier alpha value is -3.93. The number of amides is 2. The highest BCUT2D eigenvalue weighted by molar-refractivity contribution is 6.25. The number of carbonyl (C=O) groups is 3. The van der Waals surface area contributed by atoms with Crippen LogP contribution in [0.5, 0.6) is 5.75 Å². The molecule has 3 aromatic carbocycles. The van der Waals surface area contributed by atoms with Crippen LogP contribution in [-0.2, 0) is 19.8 Å². The van der Waals surface area contributed by atoms with E-state index in [2.05, 4.69) is 6.92 Å². The monoisotopic (exact) mass is 495 g/mol. The number of hydrogen-bond acceptors (Lipinski definition) is 4. The van der Waals surface area contributed by atoms with Crippen molar-refractivity contribution in [3.05, 3.63) is 95.1 Å². The molecule has 4 aliphatic rings. The van der Waals surface area contributed by atoms with E-state index in [0.717, 1.165) is 30.4 Å². The number of unbranched alkanes of at least 4 members (excludes halogenated alkanes) is 3. The topological polar surface area (TPSA) is 83.9 Å². The van der Waals surface area contributed by atoms with Crippen LogP contribution in [0.4, 0.5) is 5.69 Å². The lowest BCUT2D eigenvalue weighted by Gasteiger charge is -2.51. The third-order valence-electron chi connectivity index (χ3n) is 8.32. The summed E-state index contributed by atoms with van der Waals surface area (Å²) in [6.45, 7) is 2.78. The van der Waals surface area contributed by atoms with Gasteiger partial charge in [-0.1, -0.05) is 74.7 Å². The Morgan fingerprint density at radius 2 is 1.49 bits per heavy atom. The highest BCUT2D eigenvalue weighted by atomic mass is 16.5. The van der Waals surface area contributed by atoms with Crippen molar-refractivity contribution in [2.45, 2.75) is 43.9 Å². The lowest BCUT2D eigenvalue weighted by molar-refractivity contribution is -0.149. The summed E-state index contributed by atoms with van der Waals surface area (Å²) >= 11 is 0. The zero-order valence-electron chi connectivity index (χ0n) is 20.7. The maximum absolute atomic E-state index is 14.0. The van der Waals surface area contributed by atoms with Crippen molar-refractivity contribution in [1.82, 2.24) is 0 Å². The van der Waals surface area contributed by atoms with E-state index in [1.54, 1.807) is 36.4 Å². The largest absolute Gasteiger partial charge is 0.494 e. The van der Waals surface area contributed by atoms with Gasteiger partial charge < -0.3 is 9.84 Å². The molecule has 1 saturated heterocycles. The SMILES string of the molecule is CCCCCCOc1ccc(N2C(=O)[C@@H]3C4c5ccccc5C(C(=O)O)(c5ccccc54)[C@@H]3C2=O)cc1. The average Bonchev–Trinajstić information content (AvgIpc) is 3.19. The molecule has 0 aromatic heterocycles. The van der Waals surface area contributed by atoms with E-state index in [0.29, 0.717) is 29.2 Å². The third-order valence-corrected chi connectivity index (χ3v) is 8.32. The molecule has 6 heteroatoms. The number of anilines is 1. The summed E-state index contributed by atoms with van der Waals surface area (Å²) in [5, 5.41) is 10.8. The van der Waals surface area contributed by atoms with Crippen molar-refractivity contribution in [2.24, 2.45) is 11.8 Å². The molecule has 1 N–H and O–H groups in total. The Balaban J connectivity index is 1.39. The Labute approximate surface area is 215 Å². The van der Waals surface area contributed by atoms with E-state index in [1.165, 1.54) is 11.3 Å². The van der Waals surface area contributed by atoms with E-state index >= 15 is 0 Å². The first-order valence-corrected chi connectivity index (χ1v) is 13.0. The van der Waals surface area contributed by atoms with Gasteiger partial charge in [0.05, 0.1) is 24.1 Å². The van der Waals surface area contributed by atoms with Crippen LogP contribution in [-0.4, -0.2) is 29.5 Å². The van der Waals surface area contributed by atoms with E-state index in [4.69, 9.17) is 4.74 Å². The number of rotatable bonds is 8. The van der Waals surface area contributed by atoms with Gasteiger partial charge in [0.15, 0.2) is 0 Å². The molecule has 1 heterocycles. The van der Waals surface area contributed by atoms with E-state index in [-0.39, 0.29) is 11.8 Å². The molecule has 1 fully saturated rings. The van der Waals surface area contributed by atoms with E-state index in [9.17, 15) is 19.5 Å². The number of hydrogen-bond donors (Lipinski definition) is 1. The molecule has 6 nitrogen and oxygen atoms in total. The Kier molecular flexibility index (Phi) is 5.63. The number of aliphatic carboxylic acids is 1. The number of ether oxygens (including phenoxy) is 1. The van der Waals surface area contributed by atoms with Gasteiger partial charge in [-0.3, -0.25) is 14.4 Å². The van der Waals surface area contributed by atoms with Gasteiger partial charge in [0.25, 0.3) is 0 Å². The molecule has 2 amide bonds. The maximum atomic E-state index is 14.0. The van der Waals surface area contributed by atoms with Crippen LogP contribution in [0.1, 0.15) is 60.8 Å². The molecule has 0 saturated carbocycles. The molecule has 2 atom stereocenters. The first-order chi connectivity index (χ1) is 18.0. The smallest absolute Gasteiger partial charge is 0.319 e. The molecule has 7 rings (SSSR count). The Morgan fingerprint density at radius 1 is 0.865 bits per heavy atom. The van der Waals surface area contributed by atoms with Gasteiger partial charge in [0, 0.05) is 5.92 Å². The lowest BCUT2D eigenvalue weighted by Crippen LogP contribution is -2.57. The van der Waals surface area contributed by atoms with Crippen LogP contribution in [0.25, 0.3) is 0 Å². The minimum absolute atomic E-state index is 0.345. The van der Waals surface area contributed by atoms with Gasteiger partial charge >= 0.3 is 5.97 Å². The van der Waals surface area contributed by atoms with Crippen molar-refractivity contribution in [3.8, 4) is 5.75 Å². The van der Waals surface area contributed by atoms with Crippen molar-refractivity contribution in [1.29, 1.82) is 0 Å². The van der Waals surface area contributed by atoms with Crippen LogP contribution < -0.4 is 9.64 Å². The molecule has 37 heavy (non-hydrogen) atoms. The Bertz CT molecular complexity index is 1350. The van der Waals surface area contributed by atoms with Crippen LogP contribution in [0.2, 0.25) is 0 Å². The van der Waals surface area contributed by atoms with Gasteiger partial charge in [-0.25, -0.2) is 4.90 Å². The standard InChI is InChI=1S/C31H29NO5/c1-2-3-4-9-18-37-20-16-14-19(15-17-20)32-28(33)26-25-21-10-5-7-12-23(21)31(30(35)36,27(26)29(32)34)24-13-8-6-11-22(24)25/h5-8,10-17,25-27H,2-4,9,18H2,1H3,(H,35,36)/t25?,26-,27+,31?/m1/s1. The summed E-state index contributed by atoms with van der Waals surface area (Å²) in [6.07, 6.45) is 4.43. The van der Waals surface area contributed by atoms with Gasteiger partial charge in [0.2, 0.25) is 11.8 Å². The average molecular weight is 496 g/mol. The highest BCUT2D eigenvalue weighted by Crippen LogP contribution is 2.64. The normalized spacial score (nSPS) is 25.0. The zero-order valence-corrected chi connectivity index (χ0v) is 20.7. The predicted molar refractivity (Wildman–Crippen MR) is 139 cm³/mol. The van der Waals surface area contributed by atoms with Gasteiger partial charge in [0.1, 0.15) is 11.2 Å². The molecular formula is C31H29NO5. The first kappa shape index (κ1) is 23.5. The molecular weight excluding hydrogens is 466 g/mol. The number of imide groups is 1. The fourth-order valence-corrected chi connectivity index (χ4v) is 6.80. The summed E-state index contributed by atoms with van der Waals surface area (Å²) in [4.78, 5) is 42.4. The van der Waals surface area contributed by atoms with Crippen LogP contribution in [0, 0.1) is 11.8 Å². The van der Waals surface area contributed by atoms with Crippen molar-refractivity contribution in [3.63, 3.8) is 0 Å². The second-order valence-corrected chi connectivity index (χ2v) is 10.2. The lowest BCUT2D eigenvalue weighted by atomic mass is 9.47. The van der Waals surface area contributed by atoms with Crippen molar-refractivity contribution >= 4 is 23.5 Å². The number of nitrogens with zero attached hydrogens (tertiary/aromatic N) is 1. The van der Waals surface area contributed by atoms with Gasteiger partial charge in [-0.2, -0.15) is 0 Å². The van der Waals surface area contributed by atoms with Gasteiger partial charge in [-0.15, -0.1) is 0 Å². The fraction of sp³-hybridized carbons (Fsp3) is 0.323. The van der Waals surface area contributed by atoms with Crippen LogP contribution >= 0.6 is 0 Å². The van der Waals surface area contributed by atoms with Crippen molar-refractivity contribution in [2.75, 3.05) is 11.5 Å². The molecule has 0 radical (unpaired) electrons. The van der Waals surface area contributed by atoms with Crippen molar-refractivity contribution < 1.29 is 24.2 Å². The minimum Gasteiger partial charge on any atom is -0.494 e. The van der Waals surface area contributed by atoms with Crippen LogP contribution in [0.15, 0.2) is 72.8 Å². The third kappa shape index (κ3) is 3.21.